The van der Waals surface area contributed by atoms with Crippen molar-refractivity contribution in [2.75, 3.05) is 13.2 Å². The molecule has 0 aromatic carbocycles. The van der Waals surface area contributed by atoms with Gasteiger partial charge in [0.1, 0.15) is 0 Å². The highest BCUT2D eigenvalue weighted by atomic mass is 16.7. The van der Waals surface area contributed by atoms with E-state index < -0.39 is 5.60 Å². The van der Waals surface area contributed by atoms with Crippen LogP contribution in [0.4, 0.5) is 0 Å². The van der Waals surface area contributed by atoms with Crippen molar-refractivity contribution in [2.45, 2.75) is 90.3 Å². The van der Waals surface area contributed by atoms with E-state index in [0.29, 0.717) is 13.2 Å². The highest BCUT2D eigenvalue weighted by Gasteiger charge is 2.53. The zero-order chi connectivity index (χ0) is 16.2. The van der Waals surface area contributed by atoms with Gasteiger partial charge in [-0.1, -0.05) is 26.7 Å². The van der Waals surface area contributed by atoms with Gasteiger partial charge >= 0.3 is 0 Å². The van der Waals surface area contributed by atoms with Gasteiger partial charge in [-0.25, -0.2) is 0 Å². The summed E-state index contributed by atoms with van der Waals surface area (Å²) in [5, 5.41) is 11.2. The summed E-state index contributed by atoms with van der Waals surface area (Å²) < 4.78 is 17.7. The second-order valence-electron chi connectivity index (χ2n) is 6.89. The Morgan fingerprint density at radius 1 is 1.09 bits per heavy atom. The van der Waals surface area contributed by atoms with Crippen LogP contribution in [0.1, 0.15) is 66.2 Å². The van der Waals surface area contributed by atoms with Crippen LogP contribution in [-0.4, -0.2) is 42.4 Å². The van der Waals surface area contributed by atoms with Gasteiger partial charge in [0, 0.05) is 18.4 Å². The van der Waals surface area contributed by atoms with Gasteiger partial charge in [-0.3, -0.25) is 0 Å². The van der Waals surface area contributed by atoms with Crippen LogP contribution in [0, 0.1) is 11.8 Å². The molecule has 22 heavy (non-hydrogen) atoms. The molecule has 0 bridgehead atoms. The van der Waals surface area contributed by atoms with Crippen LogP contribution in [0.2, 0.25) is 0 Å². The maximum absolute atomic E-state index is 11.2. The first-order valence-corrected chi connectivity index (χ1v) is 9.16. The quantitative estimate of drug-likeness (QED) is 0.697. The van der Waals surface area contributed by atoms with Crippen LogP contribution < -0.4 is 0 Å². The molecule has 0 aromatic heterocycles. The lowest BCUT2D eigenvalue weighted by molar-refractivity contribution is -0.147. The van der Waals surface area contributed by atoms with Crippen molar-refractivity contribution in [3.05, 3.63) is 0 Å². The number of hydrogen-bond acceptors (Lipinski definition) is 4. The van der Waals surface area contributed by atoms with E-state index in [0.717, 1.165) is 38.5 Å². The van der Waals surface area contributed by atoms with E-state index in [1.165, 1.54) is 0 Å². The van der Waals surface area contributed by atoms with Crippen LogP contribution >= 0.6 is 0 Å². The fourth-order valence-corrected chi connectivity index (χ4v) is 4.47. The monoisotopic (exact) mass is 314 g/mol. The molecule has 1 saturated heterocycles. The first-order chi connectivity index (χ1) is 10.6. The summed E-state index contributed by atoms with van der Waals surface area (Å²) in [5.74, 6) is 0.458. The van der Waals surface area contributed by atoms with Gasteiger partial charge in [-0.2, -0.15) is 0 Å². The summed E-state index contributed by atoms with van der Waals surface area (Å²) in [7, 11) is 0. The fraction of sp³-hybridized carbons (Fsp3) is 1.00. The standard InChI is InChI=1S/C18H34O4/c1-5-15-14(12-21-13(4)20-7-3)17(16(6-2)22-15)18(19)10-8-9-11-18/h13-17,19H,5-12H2,1-4H3. The highest BCUT2D eigenvalue weighted by molar-refractivity contribution is 5.02. The summed E-state index contributed by atoms with van der Waals surface area (Å²) in [5.41, 5.74) is -0.562. The Morgan fingerprint density at radius 2 is 1.73 bits per heavy atom. The van der Waals surface area contributed by atoms with Crippen LogP contribution in [0.3, 0.4) is 0 Å². The zero-order valence-corrected chi connectivity index (χ0v) is 14.7. The average Bonchev–Trinajstić information content (AvgIpc) is 3.09. The van der Waals surface area contributed by atoms with Crippen LogP contribution in [0.15, 0.2) is 0 Å². The molecule has 0 amide bonds. The van der Waals surface area contributed by atoms with E-state index in [4.69, 9.17) is 14.2 Å². The van der Waals surface area contributed by atoms with Crippen molar-refractivity contribution < 1.29 is 19.3 Å². The third-order valence-corrected chi connectivity index (χ3v) is 5.51. The van der Waals surface area contributed by atoms with Gasteiger partial charge in [0.2, 0.25) is 0 Å². The SMILES string of the molecule is CCOC(C)OCC1C(CC)OC(CC)C1C1(O)CCCC1. The first kappa shape index (κ1) is 18.2. The van der Waals surface area contributed by atoms with Gasteiger partial charge in [0.05, 0.1) is 24.4 Å². The average molecular weight is 314 g/mol. The molecule has 2 fully saturated rings. The van der Waals surface area contributed by atoms with E-state index in [2.05, 4.69) is 13.8 Å². The minimum atomic E-state index is -0.562. The van der Waals surface area contributed by atoms with Crippen molar-refractivity contribution >= 4 is 0 Å². The summed E-state index contributed by atoms with van der Waals surface area (Å²) in [6, 6.07) is 0. The molecule has 4 heteroatoms. The third-order valence-electron chi connectivity index (χ3n) is 5.51. The molecule has 1 N–H and O–H groups in total. The molecular formula is C18H34O4. The molecule has 0 radical (unpaired) electrons. The van der Waals surface area contributed by atoms with Crippen molar-refractivity contribution in [3.8, 4) is 0 Å². The minimum absolute atomic E-state index is 0.157. The largest absolute Gasteiger partial charge is 0.389 e. The molecule has 5 unspecified atom stereocenters. The molecule has 4 nitrogen and oxygen atoms in total. The molecule has 2 aliphatic rings. The van der Waals surface area contributed by atoms with Crippen LogP contribution in [0.5, 0.6) is 0 Å². The Bertz CT molecular complexity index is 327. The Balaban J connectivity index is 2.09. The number of rotatable bonds is 8. The molecule has 2 rings (SSSR count). The molecule has 1 heterocycles. The van der Waals surface area contributed by atoms with Crippen LogP contribution in [-0.2, 0) is 14.2 Å². The number of ether oxygens (including phenoxy) is 3. The smallest absolute Gasteiger partial charge is 0.154 e. The first-order valence-electron chi connectivity index (χ1n) is 9.16. The van der Waals surface area contributed by atoms with E-state index in [-0.39, 0.29) is 30.3 Å². The third kappa shape index (κ3) is 3.84. The van der Waals surface area contributed by atoms with Crippen molar-refractivity contribution in [2.24, 2.45) is 11.8 Å². The van der Waals surface area contributed by atoms with Crippen molar-refractivity contribution in [3.63, 3.8) is 0 Å². The second kappa shape index (κ2) is 8.09. The normalized spacial score (nSPS) is 35.9. The lowest BCUT2D eigenvalue weighted by Crippen LogP contribution is -2.45. The molecule has 1 saturated carbocycles. The Labute approximate surface area is 135 Å². The Hall–Kier alpha value is -0.160. The molecule has 5 atom stereocenters. The van der Waals surface area contributed by atoms with Crippen molar-refractivity contribution in [1.82, 2.24) is 0 Å². The number of hydrogen-bond donors (Lipinski definition) is 1. The maximum atomic E-state index is 11.2. The Morgan fingerprint density at radius 3 is 2.27 bits per heavy atom. The van der Waals surface area contributed by atoms with Gasteiger partial charge < -0.3 is 19.3 Å². The topological polar surface area (TPSA) is 47.9 Å². The van der Waals surface area contributed by atoms with E-state index in [9.17, 15) is 5.11 Å². The molecule has 0 aromatic rings. The molecule has 1 aliphatic heterocycles. The predicted octanol–water partition coefficient (Wildman–Crippen LogP) is 3.51. The summed E-state index contributed by atoms with van der Waals surface area (Å²) in [4.78, 5) is 0. The summed E-state index contributed by atoms with van der Waals surface area (Å²) in [6.07, 6.45) is 6.16. The summed E-state index contributed by atoms with van der Waals surface area (Å²) in [6.45, 7) is 9.52. The van der Waals surface area contributed by atoms with E-state index in [1.807, 2.05) is 13.8 Å². The summed E-state index contributed by atoms with van der Waals surface area (Å²) >= 11 is 0. The number of aliphatic hydroxyl groups is 1. The molecular weight excluding hydrogens is 280 g/mol. The lowest BCUT2D eigenvalue weighted by atomic mass is 9.73. The molecule has 130 valence electrons. The predicted molar refractivity (Wildman–Crippen MR) is 86.7 cm³/mol. The van der Waals surface area contributed by atoms with Crippen molar-refractivity contribution in [1.29, 1.82) is 0 Å². The van der Waals surface area contributed by atoms with Crippen LogP contribution in [0.25, 0.3) is 0 Å². The maximum Gasteiger partial charge on any atom is 0.154 e. The second-order valence-corrected chi connectivity index (χ2v) is 6.89. The van der Waals surface area contributed by atoms with Gasteiger partial charge in [0.25, 0.3) is 0 Å². The highest BCUT2D eigenvalue weighted by Crippen LogP contribution is 2.48. The van der Waals surface area contributed by atoms with E-state index in [1.54, 1.807) is 0 Å². The van der Waals surface area contributed by atoms with Gasteiger partial charge in [-0.05, 0) is 39.5 Å². The minimum Gasteiger partial charge on any atom is -0.389 e. The Kier molecular flexibility index (Phi) is 6.69. The van der Waals surface area contributed by atoms with Gasteiger partial charge in [0.15, 0.2) is 6.29 Å². The lowest BCUT2D eigenvalue weighted by Gasteiger charge is -2.37. The van der Waals surface area contributed by atoms with E-state index >= 15 is 0 Å². The fourth-order valence-electron chi connectivity index (χ4n) is 4.47. The zero-order valence-electron chi connectivity index (χ0n) is 14.7. The van der Waals surface area contributed by atoms with Gasteiger partial charge in [-0.15, -0.1) is 0 Å². The molecule has 0 spiro atoms. The molecule has 1 aliphatic carbocycles.